The van der Waals surface area contributed by atoms with Gasteiger partial charge in [-0.15, -0.1) is 0 Å². The third kappa shape index (κ3) is 4.65. The van der Waals surface area contributed by atoms with Crippen LogP contribution in [0.25, 0.3) is 11.3 Å². The first-order valence-electron chi connectivity index (χ1n) is 10.4. The van der Waals surface area contributed by atoms with Gasteiger partial charge in [-0.2, -0.15) is 0 Å². The van der Waals surface area contributed by atoms with Gasteiger partial charge >= 0.3 is 0 Å². The Morgan fingerprint density at radius 1 is 1.00 bits per heavy atom. The van der Waals surface area contributed by atoms with Crippen molar-refractivity contribution in [2.75, 3.05) is 32.1 Å². The van der Waals surface area contributed by atoms with E-state index in [9.17, 15) is 0 Å². The molecule has 1 aliphatic heterocycles. The molecule has 0 N–H and O–H groups in total. The van der Waals surface area contributed by atoms with Crippen LogP contribution in [0.4, 0.5) is 5.95 Å². The molecule has 0 aliphatic carbocycles. The Hall–Kier alpha value is -2.73. The third-order valence-corrected chi connectivity index (χ3v) is 5.66. The van der Waals surface area contributed by atoms with E-state index in [1.807, 2.05) is 24.9 Å². The van der Waals surface area contributed by atoms with Crippen molar-refractivity contribution < 1.29 is 0 Å². The summed E-state index contributed by atoms with van der Waals surface area (Å²) in [7, 11) is 4.20. The van der Waals surface area contributed by atoms with Crippen molar-refractivity contribution in [3.63, 3.8) is 0 Å². The molecule has 6 nitrogen and oxygen atoms in total. The van der Waals surface area contributed by atoms with Gasteiger partial charge in [0.1, 0.15) is 0 Å². The van der Waals surface area contributed by atoms with Crippen LogP contribution in [-0.4, -0.2) is 51.6 Å². The van der Waals surface area contributed by atoms with Crippen molar-refractivity contribution in [2.45, 2.75) is 32.9 Å². The molecule has 152 valence electrons. The van der Waals surface area contributed by atoms with Crippen molar-refractivity contribution in [3.05, 3.63) is 60.3 Å². The second-order valence-corrected chi connectivity index (χ2v) is 8.35. The largest absolute Gasteiger partial charge is 0.341 e. The first-order chi connectivity index (χ1) is 14.1. The van der Waals surface area contributed by atoms with Crippen LogP contribution in [0.2, 0.25) is 0 Å². The van der Waals surface area contributed by atoms with E-state index in [4.69, 9.17) is 0 Å². The highest BCUT2D eigenvalue weighted by molar-refractivity contribution is 5.57. The van der Waals surface area contributed by atoms with Gasteiger partial charge < -0.3 is 14.4 Å². The molecule has 1 aromatic carbocycles. The lowest BCUT2D eigenvalue weighted by Gasteiger charge is -2.30. The van der Waals surface area contributed by atoms with Gasteiger partial charge in [0.05, 0.1) is 18.2 Å². The standard InChI is InChI=1S/C23H30N6/c1-18-8-10-28(11-9-18)23-25-12-21(13-26-23)22-14-24-17-29(22)16-20-7-5-4-6-19(20)15-27(2)3/h4-7,12-14,17-18H,8-11,15-16H2,1-3H3. The van der Waals surface area contributed by atoms with Gasteiger partial charge in [-0.3, -0.25) is 0 Å². The van der Waals surface area contributed by atoms with E-state index in [2.05, 4.69) is 74.6 Å². The molecular weight excluding hydrogens is 360 g/mol. The minimum atomic E-state index is 0.783. The van der Waals surface area contributed by atoms with Crippen molar-refractivity contribution >= 4 is 5.95 Å². The van der Waals surface area contributed by atoms with Crippen LogP contribution in [0.15, 0.2) is 49.2 Å². The van der Waals surface area contributed by atoms with Crippen molar-refractivity contribution in [1.82, 2.24) is 24.4 Å². The van der Waals surface area contributed by atoms with Crippen LogP contribution in [-0.2, 0) is 13.1 Å². The molecule has 0 saturated carbocycles. The maximum atomic E-state index is 4.66. The van der Waals surface area contributed by atoms with E-state index in [0.29, 0.717) is 0 Å². The van der Waals surface area contributed by atoms with Gasteiger partial charge in [0, 0.05) is 44.1 Å². The number of nitrogens with zero attached hydrogens (tertiary/aromatic N) is 6. The van der Waals surface area contributed by atoms with Gasteiger partial charge in [-0.05, 0) is 44.0 Å². The minimum absolute atomic E-state index is 0.783. The van der Waals surface area contributed by atoms with E-state index < -0.39 is 0 Å². The number of aromatic nitrogens is 4. The van der Waals surface area contributed by atoms with Gasteiger partial charge in [0.15, 0.2) is 0 Å². The number of rotatable bonds is 6. The monoisotopic (exact) mass is 390 g/mol. The zero-order chi connectivity index (χ0) is 20.2. The number of hydrogen-bond acceptors (Lipinski definition) is 5. The molecule has 2 aromatic heterocycles. The smallest absolute Gasteiger partial charge is 0.225 e. The fourth-order valence-electron chi connectivity index (χ4n) is 3.90. The zero-order valence-electron chi connectivity index (χ0n) is 17.6. The molecule has 1 aliphatic rings. The Morgan fingerprint density at radius 2 is 1.69 bits per heavy atom. The highest BCUT2D eigenvalue weighted by atomic mass is 15.2. The van der Waals surface area contributed by atoms with Crippen LogP contribution in [0.1, 0.15) is 30.9 Å². The number of benzene rings is 1. The molecule has 0 amide bonds. The summed E-state index contributed by atoms with van der Waals surface area (Å²) in [4.78, 5) is 18.2. The fourth-order valence-corrected chi connectivity index (χ4v) is 3.90. The van der Waals surface area contributed by atoms with Gasteiger partial charge in [-0.1, -0.05) is 31.2 Å². The van der Waals surface area contributed by atoms with Crippen LogP contribution in [0, 0.1) is 5.92 Å². The Morgan fingerprint density at radius 3 is 2.38 bits per heavy atom. The fraction of sp³-hybridized carbons (Fsp3) is 0.435. The molecule has 0 atom stereocenters. The summed E-state index contributed by atoms with van der Waals surface area (Å²) < 4.78 is 2.18. The zero-order valence-corrected chi connectivity index (χ0v) is 17.6. The lowest BCUT2D eigenvalue weighted by atomic mass is 10.00. The van der Waals surface area contributed by atoms with E-state index in [0.717, 1.165) is 49.3 Å². The van der Waals surface area contributed by atoms with Crippen LogP contribution in [0.5, 0.6) is 0 Å². The molecule has 6 heteroatoms. The first-order valence-corrected chi connectivity index (χ1v) is 10.4. The Bertz CT molecular complexity index is 923. The second kappa shape index (κ2) is 8.74. The number of imidazole rings is 1. The maximum absolute atomic E-state index is 4.66. The summed E-state index contributed by atoms with van der Waals surface area (Å²) in [6.07, 6.45) is 10.1. The molecule has 1 fully saturated rings. The van der Waals surface area contributed by atoms with E-state index in [1.165, 1.54) is 24.0 Å². The highest BCUT2D eigenvalue weighted by Gasteiger charge is 2.18. The third-order valence-electron chi connectivity index (χ3n) is 5.66. The Balaban J connectivity index is 1.53. The van der Waals surface area contributed by atoms with Crippen molar-refractivity contribution in [1.29, 1.82) is 0 Å². The summed E-state index contributed by atoms with van der Waals surface area (Å²) in [5.41, 5.74) is 4.69. The summed E-state index contributed by atoms with van der Waals surface area (Å²) in [6, 6.07) is 8.59. The van der Waals surface area contributed by atoms with E-state index >= 15 is 0 Å². The predicted octanol–water partition coefficient (Wildman–Crippen LogP) is 3.69. The molecule has 0 radical (unpaired) electrons. The summed E-state index contributed by atoms with van der Waals surface area (Å²) in [5.74, 6) is 1.64. The molecule has 0 unspecified atom stereocenters. The summed E-state index contributed by atoms with van der Waals surface area (Å²) >= 11 is 0. The SMILES string of the molecule is CC1CCN(c2ncc(-c3cncn3Cc3ccccc3CN(C)C)cn2)CC1. The van der Waals surface area contributed by atoms with Gasteiger partial charge in [0.2, 0.25) is 5.95 Å². The molecule has 0 spiro atoms. The normalized spacial score (nSPS) is 15.2. The second-order valence-electron chi connectivity index (χ2n) is 8.35. The minimum Gasteiger partial charge on any atom is -0.341 e. The van der Waals surface area contributed by atoms with E-state index in [-0.39, 0.29) is 0 Å². The molecule has 3 aromatic rings. The van der Waals surface area contributed by atoms with Crippen LogP contribution < -0.4 is 4.90 Å². The van der Waals surface area contributed by atoms with Gasteiger partial charge in [0.25, 0.3) is 0 Å². The maximum Gasteiger partial charge on any atom is 0.225 e. The number of piperidine rings is 1. The van der Waals surface area contributed by atoms with Crippen LogP contribution in [0.3, 0.4) is 0 Å². The van der Waals surface area contributed by atoms with Crippen molar-refractivity contribution in [3.8, 4) is 11.3 Å². The Labute approximate surface area is 173 Å². The lowest BCUT2D eigenvalue weighted by molar-refractivity contribution is 0.400. The lowest BCUT2D eigenvalue weighted by Crippen LogP contribution is -2.33. The highest BCUT2D eigenvalue weighted by Crippen LogP contribution is 2.23. The molecular formula is C23H30N6. The van der Waals surface area contributed by atoms with Crippen LogP contribution >= 0.6 is 0 Å². The molecule has 29 heavy (non-hydrogen) atoms. The average molecular weight is 391 g/mol. The number of hydrogen-bond donors (Lipinski definition) is 0. The van der Waals surface area contributed by atoms with Crippen molar-refractivity contribution in [2.24, 2.45) is 5.92 Å². The van der Waals surface area contributed by atoms with E-state index in [1.54, 1.807) is 0 Å². The molecule has 4 rings (SSSR count). The van der Waals surface area contributed by atoms with Gasteiger partial charge in [-0.25, -0.2) is 15.0 Å². The predicted molar refractivity (Wildman–Crippen MR) is 117 cm³/mol. The molecule has 1 saturated heterocycles. The topological polar surface area (TPSA) is 50.1 Å². The average Bonchev–Trinajstić information content (AvgIpc) is 3.18. The Kier molecular flexibility index (Phi) is 5.90. The quantitative estimate of drug-likeness (QED) is 0.643. The number of anilines is 1. The first kappa shape index (κ1) is 19.6. The summed E-state index contributed by atoms with van der Waals surface area (Å²) in [6.45, 7) is 6.11. The molecule has 3 heterocycles. The molecule has 0 bridgehead atoms. The summed E-state index contributed by atoms with van der Waals surface area (Å²) in [5, 5.41) is 0.